The maximum Gasteiger partial charge on any atom is 0.125 e. The summed E-state index contributed by atoms with van der Waals surface area (Å²) >= 11 is 5.74. The average molecular weight is 212 g/mol. The first kappa shape index (κ1) is 9.74. The Balaban J connectivity index is 1.82. The van der Waals surface area contributed by atoms with Crippen LogP contribution in [0.5, 0.6) is 0 Å². The van der Waals surface area contributed by atoms with E-state index in [1.54, 1.807) is 6.20 Å². The fraction of sp³-hybridized carbons (Fsp3) is 0.500. The number of hydrogen-bond acceptors (Lipinski definition) is 3. The summed E-state index contributed by atoms with van der Waals surface area (Å²) in [4.78, 5) is 4.18. The number of pyridine rings is 1. The van der Waals surface area contributed by atoms with Crippen LogP contribution in [0.2, 0.25) is 5.02 Å². The van der Waals surface area contributed by atoms with E-state index in [0.29, 0.717) is 5.02 Å². The van der Waals surface area contributed by atoms with Gasteiger partial charge in [-0.3, -0.25) is 0 Å². The van der Waals surface area contributed by atoms with Gasteiger partial charge in [0.05, 0.1) is 5.02 Å². The van der Waals surface area contributed by atoms with Crippen molar-refractivity contribution in [1.82, 2.24) is 10.3 Å². The van der Waals surface area contributed by atoms with Gasteiger partial charge < -0.3 is 10.6 Å². The molecular weight excluding hydrogens is 198 g/mol. The molecule has 1 aliphatic heterocycles. The zero-order valence-electron chi connectivity index (χ0n) is 7.96. The van der Waals surface area contributed by atoms with Gasteiger partial charge in [0.15, 0.2) is 0 Å². The van der Waals surface area contributed by atoms with E-state index in [1.165, 1.54) is 6.42 Å². The second-order valence-electron chi connectivity index (χ2n) is 3.60. The van der Waals surface area contributed by atoms with Crippen LogP contribution < -0.4 is 10.6 Å². The molecule has 0 aromatic carbocycles. The van der Waals surface area contributed by atoms with E-state index in [0.717, 1.165) is 31.4 Å². The van der Waals surface area contributed by atoms with Gasteiger partial charge in [-0.15, -0.1) is 0 Å². The molecule has 0 radical (unpaired) electrons. The molecule has 14 heavy (non-hydrogen) atoms. The fourth-order valence-corrected chi connectivity index (χ4v) is 1.73. The molecule has 0 spiro atoms. The summed E-state index contributed by atoms with van der Waals surface area (Å²) in [7, 11) is 0. The highest BCUT2D eigenvalue weighted by Crippen LogP contribution is 2.12. The van der Waals surface area contributed by atoms with E-state index in [9.17, 15) is 0 Å². The van der Waals surface area contributed by atoms with Crippen LogP contribution in [0.15, 0.2) is 18.3 Å². The Kier molecular flexibility index (Phi) is 3.22. The lowest BCUT2D eigenvalue weighted by molar-refractivity contribution is 0.614. The smallest absolute Gasteiger partial charge is 0.125 e. The van der Waals surface area contributed by atoms with Gasteiger partial charge in [0.2, 0.25) is 0 Å². The third kappa shape index (κ3) is 2.59. The van der Waals surface area contributed by atoms with Crippen molar-refractivity contribution in [3.05, 3.63) is 23.4 Å². The molecule has 1 atom stereocenters. The predicted molar refractivity (Wildman–Crippen MR) is 58.7 cm³/mol. The molecule has 2 N–H and O–H groups in total. The Bertz CT molecular complexity index is 280. The molecule has 2 heterocycles. The van der Waals surface area contributed by atoms with Crippen molar-refractivity contribution in [3.8, 4) is 0 Å². The van der Waals surface area contributed by atoms with Gasteiger partial charge in [0.1, 0.15) is 5.82 Å². The van der Waals surface area contributed by atoms with Crippen molar-refractivity contribution in [2.75, 3.05) is 25.0 Å². The van der Waals surface area contributed by atoms with E-state index in [1.807, 2.05) is 12.1 Å². The highest BCUT2D eigenvalue weighted by atomic mass is 35.5. The Morgan fingerprint density at radius 2 is 2.50 bits per heavy atom. The molecule has 2 rings (SSSR count). The van der Waals surface area contributed by atoms with Crippen LogP contribution in [0.3, 0.4) is 0 Å². The first-order valence-electron chi connectivity index (χ1n) is 4.91. The van der Waals surface area contributed by atoms with E-state index in [2.05, 4.69) is 15.6 Å². The first-order chi connectivity index (χ1) is 6.84. The monoisotopic (exact) mass is 211 g/mol. The van der Waals surface area contributed by atoms with Crippen LogP contribution >= 0.6 is 11.6 Å². The largest absolute Gasteiger partial charge is 0.370 e. The minimum absolute atomic E-state index is 0.679. The SMILES string of the molecule is Clc1ccc(NCC2CCNC2)nc1. The Hall–Kier alpha value is -0.800. The lowest BCUT2D eigenvalue weighted by Crippen LogP contribution is -2.17. The molecule has 76 valence electrons. The number of aromatic nitrogens is 1. The number of halogens is 1. The quantitative estimate of drug-likeness (QED) is 0.800. The van der Waals surface area contributed by atoms with Crippen LogP contribution in [-0.2, 0) is 0 Å². The Morgan fingerprint density at radius 3 is 3.14 bits per heavy atom. The third-order valence-corrected chi connectivity index (χ3v) is 2.69. The van der Waals surface area contributed by atoms with E-state index in [4.69, 9.17) is 11.6 Å². The summed E-state index contributed by atoms with van der Waals surface area (Å²) in [5.41, 5.74) is 0. The normalized spacial score (nSPS) is 21.1. The number of nitrogens with one attached hydrogen (secondary N) is 2. The summed E-state index contributed by atoms with van der Waals surface area (Å²) in [6.07, 6.45) is 2.91. The highest BCUT2D eigenvalue weighted by Gasteiger charge is 2.13. The zero-order valence-corrected chi connectivity index (χ0v) is 8.72. The molecule has 1 aromatic rings. The molecule has 4 heteroatoms. The van der Waals surface area contributed by atoms with Crippen molar-refractivity contribution >= 4 is 17.4 Å². The average Bonchev–Trinajstić information content (AvgIpc) is 2.70. The molecule has 0 aliphatic carbocycles. The fourth-order valence-electron chi connectivity index (χ4n) is 1.62. The highest BCUT2D eigenvalue weighted by molar-refractivity contribution is 6.30. The van der Waals surface area contributed by atoms with Crippen molar-refractivity contribution < 1.29 is 0 Å². The van der Waals surface area contributed by atoms with E-state index >= 15 is 0 Å². The first-order valence-corrected chi connectivity index (χ1v) is 5.28. The molecule has 1 unspecified atom stereocenters. The maximum atomic E-state index is 5.74. The third-order valence-electron chi connectivity index (χ3n) is 2.46. The molecular formula is C10H14ClN3. The van der Waals surface area contributed by atoms with Crippen molar-refractivity contribution in [2.45, 2.75) is 6.42 Å². The van der Waals surface area contributed by atoms with Crippen molar-refractivity contribution in [2.24, 2.45) is 5.92 Å². The van der Waals surface area contributed by atoms with Gasteiger partial charge in [-0.25, -0.2) is 4.98 Å². The van der Waals surface area contributed by atoms with Crippen LogP contribution in [0, 0.1) is 5.92 Å². The van der Waals surface area contributed by atoms with Crippen LogP contribution in [0.4, 0.5) is 5.82 Å². The summed E-state index contributed by atoms with van der Waals surface area (Å²) < 4.78 is 0. The maximum absolute atomic E-state index is 5.74. The topological polar surface area (TPSA) is 37.0 Å². The summed E-state index contributed by atoms with van der Waals surface area (Å²) in [5.74, 6) is 1.63. The number of anilines is 1. The Labute approximate surface area is 88.9 Å². The number of hydrogen-bond donors (Lipinski definition) is 2. The molecule has 1 fully saturated rings. The minimum Gasteiger partial charge on any atom is -0.370 e. The van der Waals surface area contributed by atoms with Gasteiger partial charge in [-0.1, -0.05) is 11.6 Å². The van der Waals surface area contributed by atoms with Gasteiger partial charge in [0.25, 0.3) is 0 Å². The molecule has 1 aromatic heterocycles. The van der Waals surface area contributed by atoms with Gasteiger partial charge >= 0.3 is 0 Å². The van der Waals surface area contributed by atoms with Crippen molar-refractivity contribution in [3.63, 3.8) is 0 Å². The van der Waals surface area contributed by atoms with Crippen molar-refractivity contribution in [1.29, 1.82) is 0 Å². The molecule has 1 aliphatic rings. The van der Waals surface area contributed by atoms with E-state index in [-0.39, 0.29) is 0 Å². The van der Waals surface area contributed by atoms with E-state index < -0.39 is 0 Å². The van der Waals surface area contributed by atoms with Gasteiger partial charge in [-0.2, -0.15) is 0 Å². The number of rotatable bonds is 3. The van der Waals surface area contributed by atoms with Crippen LogP contribution in [0.25, 0.3) is 0 Å². The summed E-state index contributed by atoms with van der Waals surface area (Å²) in [6, 6.07) is 3.76. The van der Waals surface area contributed by atoms with Crippen LogP contribution in [-0.4, -0.2) is 24.6 Å². The summed E-state index contributed by atoms with van der Waals surface area (Å²) in [5, 5.41) is 7.32. The van der Waals surface area contributed by atoms with Gasteiger partial charge in [0, 0.05) is 12.7 Å². The minimum atomic E-state index is 0.679. The standard InChI is InChI=1S/C10H14ClN3/c11-9-1-2-10(14-7-9)13-6-8-3-4-12-5-8/h1-2,7-8,12H,3-6H2,(H,13,14). The lowest BCUT2D eigenvalue weighted by atomic mass is 10.1. The zero-order chi connectivity index (χ0) is 9.80. The molecule has 1 saturated heterocycles. The molecule has 0 saturated carbocycles. The number of nitrogens with zero attached hydrogens (tertiary/aromatic N) is 1. The van der Waals surface area contributed by atoms with Gasteiger partial charge in [-0.05, 0) is 37.6 Å². The molecule has 3 nitrogen and oxygen atoms in total. The second kappa shape index (κ2) is 4.62. The lowest BCUT2D eigenvalue weighted by Gasteiger charge is -2.10. The predicted octanol–water partition coefficient (Wildman–Crippen LogP) is 1.76. The Morgan fingerprint density at radius 1 is 1.57 bits per heavy atom. The molecule has 0 amide bonds. The van der Waals surface area contributed by atoms with Crippen LogP contribution in [0.1, 0.15) is 6.42 Å². The second-order valence-corrected chi connectivity index (χ2v) is 4.04. The molecule has 0 bridgehead atoms. The summed E-state index contributed by atoms with van der Waals surface area (Å²) in [6.45, 7) is 3.24.